The van der Waals surface area contributed by atoms with Gasteiger partial charge in [-0.3, -0.25) is 14.7 Å². The Hall–Kier alpha value is -2.20. The van der Waals surface area contributed by atoms with Crippen molar-refractivity contribution < 1.29 is 4.79 Å². The van der Waals surface area contributed by atoms with Crippen LogP contribution in [0.3, 0.4) is 0 Å². The van der Waals surface area contributed by atoms with Crippen molar-refractivity contribution in [3.8, 4) is 0 Å². The zero-order valence-electron chi connectivity index (χ0n) is 16.2. The molecule has 1 spiro atoms. The van der Waals surface area contributed by atoms with Crippen molar-refractivity contribution >= 4 is 5.91 Å². The van der Waals surface area contributed by atoms with Crippen LogP contribution in [-0.2, 0) is 17.8 Å². The van der Waals surface area contributed by atoms with Crippen molar-refractivity contribution in [2.75, 3.05) is 26.2 Å². The van der Waals surface area contributed by atoms with E-state index in [-0.39, 0.29) is 5.41 Å². The Morgan fingerprint density at radius 2 is 1.89 bits per heavy atom. The molecule has 0 saturated carbocycles. The van der Waals surface area contributed by atoms with Crippen molar-refractivity contribution in [2.45, 2.75) is 39.2 Å². The molecule has 1 aromatic heterocycles. The van der Waals surface area contributed by atoms with Gasteiger partial charge < -0.3 is 4.90 Å². The van der Waals surface area contributed by atoms with E-state index in [1.807, 2.05) is 19.1 Å². The fourth-order valence-electron chi connectivity index (χ4n) is 4.66. The lowest BCUT2D eigenvalue weighted by atomic mass is 9.78. The number of hydrogen-bond donors (Lipinski definition) is 0. The number of piperidine rings is 1. The predicted octanol–water partition coefficient (Wildman–Crippen LogP) is 3.45. The van der Waals surface area contributed by atoms with Gasteiger partial charge >= 0.3 is 0 Å². The van der Waals surface area contributed by atoms with Gasteiger partial charge in [-0.25, -0.2) is 0 Å². The summed E-state index contributed by atoms with van der Waals surface area (Å²) >= 11 is 0. The molecular formula is C23H29N3O. The van der Waals surface area contributed by atoms with Gasteiger partial charge in [0.2, 0.25) is 5.91 Å². The van der Waals surface area contributed by atoms with Gasteiger partial charge in [-0.15, -0.1) is 0 Å². The minimum absolute atomic E-state index is 0.168. The number of aromatic nitrogens is 1. The lowest BCUT2D eigenvalue weighted by Gasteiger charge is -2.39. The first-order valence-corrected chi connectivity index (χ1v) is 10.1. The number of nitrogens with zero attached hydrogens (tertiary/aromatic N) is 3. The van der Waals surface area contributed by atoms with E-state index < -0.39 is 0 Å². The SMILES string of the molecule is Cc1cccc(CN2CC[C@]3(CCCN(CCc4ccccc4)C3=O)C2)n1. The van der Waals surface area contributed by atoms with E-state index in [0.717, 1.165) is 69.8 Å². The topological polar surface area (TPSA) is 36.4 Å². The summed E-state index contributed by atoms with van der Waals surface area (Å²) in [6.45, 7) is 6.50. The van der Waals surface area contributed by atoms with Crippen molar-refractivity contribution in [1.82, 2.24) is 14.8 Å². The van der Waals surface area contributed by atoms with Crippen LogP contribution in [-0.4, -0.2) is 46.9 Å². The van der Waals surface area contributed by atoms with Gasteiger partial charge in [0, 0.05) is 31.9 Å². The summed E-state index contributed by atoms with van der Waals surface area (Å²) in [5, 5.41) is 0. The second-order valence-corrected chi connectivity index (χ2v) is 8.14. The predicted molar refractivity (Wildman–Crippen MR) is 107 cm³/mol. The van der Waals surface area contributed by atoms with Crippen LogP contribution in [0.25, 0.3) is 0 Å². The van der Waals surface area contributed by atoms with Gasteiger partial charge in [-0.2, -0.15) is 0 Å². The molecule has 27 heavy (non-hydrogen) atoms. The first-order chi connectivity index (χ1) is 13.1. The summed E-state index contributed by atoms with van der Waals surface area (Å²) in [5.41, 5.74) is 3.31. The van der Waals surface area contributed by atoms with E-state index in [2.05, 4.69) is 51.2 Å². The van der Waals surface area contributed by atoms with E-state index >= 15 is 0 Å². The molecule has 4 rings (SSSR count). The molecule has 0 bridgehead atoms. The number of carbonyl (C=O) groups is 1. The Kier molecular flexibility index (Phi) is 5.26. The molecule has 2 fully saturated rings. The van der Waals surface area contributed by atoms with Crippen LogP contribution in [0.2, 0.25) is 0 Å². The maximum Gasteiger partial charge on any atom is 0.230 e. The van der Waals surface area contributed by atoms with E-state index in [1.54, 1.807) is 0 Å². The van der Waals surface area contributed by atoms with Crippen molar-refractivity contribution in [3.05, 3.63) is 65.5 Å². The van der Waals surface area contributed by atoms with E-state index in [0.29, 0.717) is 5.91 Å². The molecule has 2 saturated heterocycles. The van der Waals surface area contributed by atoms with Crippen LogP contribution in [0.5, 0.6) is 0 Å². The Balaban J connectivity index is 1.38. The summed E-state index contributed by atoms with van der Waals surface area (Å²) in [6, 6.07) is 16.7. The van der Waals surface area contributed by atoms with E-state index in [9.17, 15) is 4.79 Å². The number of likely N-dealkylation sites (tertiary alicyclic amines) is 2. The molecule has 0 radical (unpaired) electrons. The Morgan fingerprint density at radius 3 is 2.70 bits per heavy atom. The normalized spacial score (nSPS) is 23.3. The quantitative estimate of drug-likeness (QED) is 0.816. The lowest BCUT2D eigenvalue weighted by Crippen LogP contribution is -2.50. The van der Waals surface area contributed by atoms with Gasteiger partial charge in [0.1, 0.15) is 0 Å². The molecule has 0 aliphatic carbocycles. The van der Waals surface area contributed by atoms with Crippen LogP contribution >= 0.6 is 0 Å². The average molecular weight is 364 g/mol. The minimum atomic E-state index is -0.168. The van der Waals surface area contributed by atoms with Crippen LogP contribution in [0.4, 0.5) is 0 Å². The fourth-order valence-corrected chi connectivity index (χ4v) is 4.66. The molecule has 0 N–H and O–H groups in total. The van der Waals surface area contributed by atoms with Gasteiger partial charge in [0.05, 0.1) is 11.1 Å². The monoisotopic (exact) mass is 363 g/mol. The standard InChI is InChI=1S/C23H29N3O/c1-19-7-5-10-21(24-19)17-25-16-13-23(18-25)12-6-14-26(22(23)27)15-11-20-8-3-2-4-9-20/h2-5,7-10H,6,11-18H2,1H3/t23-/m1/s1. The molecule has 3 heterocycles. The number of hydrogen-bond acceptors (Lipinski definition) is 3. The number of rotatable bonds is 5. The third-order valence-electron chi connectivity index (χ3n) is 6.10. The highest BCUT2D eigenvalue weighted by atomic mass is 16.2. The summed E-state index contributed by atoms with van der Waals surface area (Å²) < 4.78 is 0. The highest BCUT2D eigenvalue weighted by Gasteiger charge is 2.48. The van der Waals surface area contributed by atoms with Crippen molar-refractivity contribution in [1.29, 1.82) is 0 Å². The first kappa shape index (κ1) is 18.2. The number of benzene rings is 1. The molecule has 1 amide bonds. The second kappa shape index (κ2) is 7.81. The fraction of sp³-hybridized carbons (Fsp3) is 0.478. The summed E-state index contributed by atoms with van der Waals surface area (Å²) in [6.07, 6.45) is 4.08. The number of carbonyl (C=O) groups excluding carboxylic acids is 1. The molecule has 4 heteroatoms. The molecule has 1 atom stereocenters. The number of amides is 1. The maximum absolute atomic E-state index is 13.3. The minimum Gasteiger partial charge on any atom is -0.342 e. The molecule has 2 aliphatic heterocycles. The highest BCUT2D eigenvalue weighted by molar-refractivity contribution is 5.84. The van der Waals surface area contributed by atoms with Crippen molar-refractivity contribution in [2.24, 2.45) is 5.41 Å². The van der Waals surface area contributed by atoms with Gasteiger partial charge in [0.15, 0.2) is 0 Å². The first-order valence-electron chi connectivity index (χ1n) is 10.1. The van der Waals surface area contributed by atoms with Crippen LogP contribution in [0.15, 0.2) is 48.5 Å². The third-order valence-corrected chi connectivity index (χ3v) is 6.10. The van der Waals surface area contributed by atoms with Crippen LogP contribution < -0.4 is 0 Å². The van der Waals surface area contributed by atoms with Gasteiger partial charge in [0.25, 0.3) is 0 Å². The maximum atomic E-state index is 13.3. The Labute approximate surface area is 162 Å². The molecule has 2 aromatic rings. The zero-order chi connectivity index (χ0) is 18.7. The Bertz CT molecular complexity index is 791. The number of aryl methyl sites for hydroxylation is 1. The van der Waals surface area contributed by atoms with Gasteiger partial charge in [-0.05, 0) is 56.8 Å². The zero-order valence-corrected chi connectivity index (χ0v) is 16.2. The van der Waals surface area contributed by atoms with Crippen LogP contribution in [0, 0.1) is 12.3 Å². The smallest absolute Gasteiger partial charge is 0.230 e. The average Bonchev–Trinajstić information content (AvgIpc) is 3.07. The third kappa shape index (κ3) is 4.06. The lowest BCUT2D eigenvalue weighted by molar-refractivity contribution is -0.145. The molecule has 4 nitrogen and oxygen atoms in total. The van der Waals surface area contributed by atoms with Crippen molar-refractivity contribution in [3.63, 3.8) is 0 Å². The molecule has 1 aromatic carbocycles. The summed E-state index contributed by atoms with van der Waals surface area (Å²) in [5.74, 6) is 0.379. The molecular weight excluding hydrogens is 334 g/mol. The largest absolute Gasteiger partial charge is 0.342 e. The molecule has 0 unspecified atom stereocenters. The molecule has 2 aliphatic rings. The van der Waals surface area contributed by atoms with E-state index in [1.165, 1.54) is 5.56 Å². The van der Waals surface area contributed by atoms with Gasteiger partial charge in [-0.1, -0.05) is 36.4 Å². The second-order valence-electron chi connectivity index (χ2n) is 8.14. The Morgan fingerprint density at radius 1 is 1.04 bits per heavy atom. The summed E-state index contributed by atoms with van der Waals surface area (Å²) in [4.78, 5) is 22.5. The van der Waals surface area contributed by atoms with Crippen LogP contribution in [0.1, 0.15) is 36.2 Å². The van der Waals surface area contributed by atoms with E-state index in [4.69, 9.17) is 0 Å². The molecule has 142 valence electrons. The highest BCUT2D eigenvalue weighted by Crippen LogP contribution is 2.40. The number of pyridine rings is 1. The summed E-state index contributed by atoms with van der Waals surface area (Å²) in [7, 11) is 0.